The van der Waals surface area contributed by atoms with E-state index in [-0.39, 0.29) is 17.2 Å². The van der Waals surface area contributed by atoms with Crippen molar-refractivity contribution in [2.45, 2.75) is 32.5 Å². The normalized spacial score (nSPS) is 14.2. The Morgan fingerprint density at radius 2 is 1.69 bits per heavy atom. The highest BCUT2D eigenvalue weighted by atomic mass is 16.4. The van der Waals surface area contributed by atoms with Crippen molar-refractivity contribution in [3.8, 4) is 0 Å². The lowest BCUT2D eigenvalue weighted by atomic mass is 10.1. The van der Waals surface area contributed by atoms with Crippen molar-refractivity contribution >= 4 is 5.91 Å². The molecule has 1 N–H and O–H groups in total. The molecule has 2 aromatic heterocycles. The molecule has 0 aliphatic carbocycles. The number of aromatic nitrogens is 1. The van der Waals surface area contributed by atoms with Gasteiger partial charge >= 0.3 is 0 Å². The van der Waals surface area contributed by atoms with Crippen LogP contribution in [0.2, 0.25) is 0 Å². The van der Waals surface area contributed by atoms with Gasteiger partial charge in [0.15, 0.2) is 5.76 Å². The zero-order valence-corrected chi connectivity index (χ0v) is 16.3. The summed E-state index contributed by atoms with van der Waals surface area (Å²) in [5.74, 6) is 0.544. The lowest BCUT2D eigenvalue weighted by molar-refractivity contribution is 0.0921. The summed E-state index contributed by atoms with van der Waals surface area (Å²) >= 11 is 0. The van der Waals surface area contributed by atoms with Crippen LogP contribution in [0.3, 0.4) is 0 Å². The Bertz CT molecular complexity index is 1010. The number of hydrogen-bond donors (Lipinski definition) is 1. The van der Waals surface area contributed by atoms with Crippen molar-refractivity contribution < 1.29 is 9.21 Å². The monoisotopic (exact) mass is 391 g/mol. The number of likely N-dealkylation sites (tertiary alicyclic amines) is 1. The molecule has 0 bridgehead atoms. The van der Waals surface area contributed by atoms with Gasteiger partial charge in [-0.25, -0.2) is 0 Å². The minimum Gasteiger partial charge on any atom is -0.454 e. The molecule has 29 heavy (non-hydrogen) atoms. The molecule has 1 saturated heterocycles. The quantitative estimate of drug-likeness (QED) is 0.672. The number of rotatable bonds is 7. The lowest BCUT2D eigenvalue weighted by Gasteiger charge is -2.14. The lowest BCUT2D eigenvalue weighted by Crippen LogP contribution is -2.22. The first kappa shape index (κ1) is 19.2. The molecule has 0 atom stereocenters. The third-order valence-corrected chi connectivity index (χ3v) is 5.19. The van der Waals surface area contributed by atoms with Gasteiger partial charge < -0.3 is 14.3 Å². The van der Waals surface area contributed by atoms with Gasteiger partial charge in [0.1, 0.15) is 5.76 Å². The number of nitrogens with one attached hydrogen (secondary N) is 1. The van der Waals surface area contributed by atoms with E-state index >= 15 is 0 Å². The van der Waals surface area contributed by atoms with Crippen LogP contribution in [0.1, 0.15) is 40.3 Å². The van der Waals surface area contributed by atoms with E-state index in [2.05, 4.69) is 34.5 Å². The molecular weight excluding hydrogens is 366 g/mol. The molecule has 3 heterocycles. The van der Waals surface area contributed by atoms with E-state index in [1.807, 2.05) is 0 Å². The van der Waals surface area contributed by atoms with Crippen LogP contribution in [-0.4, -0.2) is 28.5 Å². The fourth-order valence-electron chi connectivity index (χ4n) is 3.58. The number of carbonyl (C=O) groups excluding carboxylic acids is 1. The molecule has 1 fully saturated rings. The minimum atomic E-state index is -0.266. The molecule has 0 spiro atoms. The third kappa shape index (κ3) is 5.03. The molecule has 0 radical (unpaired) electrons. The largest absolute Gasteiger partial charge is 0.454 e. The van der Waals surface area contributed by atoms with E-state index in [0.29, 0.717) is 18.8 Å². The second kappa shape index (κ2) is 8.92. The van der Waals surface area contributed by atoms with Crippen LogP contribution < -0.4 is 10.9 Å². The van der Waals surface area contributed by atoms with Gasteiger partial charge in [-0.15, -0.1) is 0 Å². The third-order valence-electron chi connectivity index (χ3n) is 5.19. The van der Waals surface area contributed by atoms with Crippen LogP contribution in [0, 0.1) is 0 Å². The fraction of sp³-hybridized carbons (Fsp3) is 0.304. The van der Waals surface area contributed by atoms with E-state index in [0.717, 1.165) is 12.1 Å². The molecule has 3 aromatic rings. The van der Waals surface area contributed by atoms with Crippen molar-refractivity contribution in [1.82, 2.24) is 14.8 Å². The van der Waals surface area contributed by atoms with Gasteiger partial charge in [-0.2, -0.15) is 0 Å². The van der Waals surface area contributed by atoms with Crippen molar-refractivity contribution in [3.63, 3.8) is 0 Å². The predicted molar refractivity (Wildman–Crippen MR) is 111 cm³/mol. The van der Waals surface area contributed by atoms with Gasteiger partial charge in [0.25, 0.3) is 11.5 Å². The first-order valence-corrected chi connectivity index (χ1v) is 10.00. The van der Waals surface area contributed by atoms with Crippen molar-refractivity contribution in [3.05, 3.63) is 93.8 Å². The fourth-order valence-corrected chi connectivity index (χ4v) is 3.58. The molecule has 1 aliphatic heterocycles. The standard InChI is InChI=1S/C23H25N3O3/c27-22-5-1-2-14-26(22)17-20-10-11-21(29-20)23(28)24-15-18-6-8-19(9-7-18)16-25-12-3-4-13-25/h1-2,5-11,14H,3-4,12-13,15-17H2,(H,24,28). The Kier molecular flexibility index (Phi) is 5.91. The summed E-state index contributed by atoms with van der Waals surface area (Å²) in [5.41, 5.74) is 2.24. The van der Waals surface area contributed by atoms with Gasteiger partial charge in [0.2, 0.25) is 0 Å². The zero-order chi connectivity index (χ0) is 20.1. The van der Waals surface area contributed by atoms with Crippen molar-refractivity contribution in [1.29, 1.82) is 0 Å². The van der Waals surface area contributed by atoms with Crippen LogP contribution in [0.4, 0.5) is 0 Å². The Balaban J connectivity index is 1.30. The van der Waals surface area contributed by atoms with E-state index in [9.17, 15) is 9.59 Å². The Morgan fingerprint density at radius 3 is 2.45 bits per heavy atom. The average molecular weight is 391 g/mol. The molecule has 1 aliphatic rings. The first-order chi connectivity index (χ1) is 14.2. The number of nitrogens with zero attached hydrogens (tertiary/aromatic N) is 2. The van der Waals surface area contributed by atoms with Crippen molar-refractivity contribution in [2.75, 3.05) is 13.1 Å². The number of furan rings is 1. The van der Waals surface area contributed by atoms with Gasteiger partial charge in [0.05, 0.1) is 6.54 Å². The van der Waals surface area contributed by atoms with Gasteiger partial charge in [-0.05, 0) is 55.3 Å². The van der Waals surface area contributed by atoms with Crippen molar-refractivity contribution in [2.24, 2.45) is 0 Å². The minimum absolute atomic E-state index is 0.108. The molecule has 150 valence electrons. The van der Waals surface area contributed by atoms with Crippen LogP contribution in [0.25, 0.3) is 0 Å². The number of amides is 1. The second-order valence-corrected chi connectivity index (χ2v) is 7.42. The summed E-state index contributed by atoms with van der Waals surface area (Å²) in [6.45, 7) is 4.10. The first-order valence-electron chi connectivity index (χ1n) is 10.00. The molecular formula is C23H25N3O3. The van der Waals surface area contributed by atoms with Gasteiger partial charge in [0, 0.05) is 25.4 Å². The molecule has 4 rings (SSSR count). The number of benzene rings is 1. The summed E-state index contributed by atoms with van der Waals surface area (Å²) in [6.07, 6.45) is 4.28. The molecule has 0 unspecified atom stereocenters. The second-order valence-electron chi connectivity index (χ2n) is 7.42. The van der Waals surface area contributed by atoms with Crippen LogP contribution in [0.5, 0.6) is 0 Å². The van der Waals surface area contributed by atoms with E-state index in [1.165, 1.54) is 42.1 Å². The summed E-state index contributed by atoms with van der Waals surface area (Å²) < 4.78 is 7.14. The maximum atomic E-state index is 12.4. The highest BCUT2D eigenvalue weighted by molar-refractivity contribution is 5.91. The Morgan fingerprint density at radius 1 is 0.931 bits per heavy atom. The van der Waals surface area contributed by atoms with Crippen LogP contribution >= 0.6 is 0 Å². The molecule has 6 nitrogen and oxygen atoms in total. The molecule has 0 saturated carbocycles. The smallest absolute Gasteiger partial charge is 0.287 e. The number of carbonyl (C=O) groups is 1. The van der Waals surface area contributed by atoms with E-state index < -0.39 is 0 Å². The Labute approximate surface area is 169 Å². The molecule has 1 aromatic carbocycles. The molecule has 6 heteroatoms. The SMILES string of the molecule is O=C(NCc1ccc(CN2CCCC2)cc1)c1ccc(Cn2ccccc2=O)o1. The summed E-state index contributed by atoms with van der Waals surface area (Å²) in [7, 11) is 0. The van der Waals surface area contributed by atoms with Crippen LogP contribution in [0.15, 0.2) is 70.0 Å². The summed E-state index contributed by atoms with van der Waals surface area (Å²) in [6, 6.07) is 16.7. The predicted octanol–water partition coefficient (Wildman–Crippen LogP) is 3.02. The number of hydrogen-bond acceptors (Lipinski definition) is 4. The maximum Gasteiger partial charge on any atom is 0.287 e. The Hall–Kier alpha value is -3.12. The highest BCUT2D eigenvalue weighted by Crippen LogP contribution is 2.14. The molecule has 1 amide bonds. The topological polar surface area (TPSA) is 67.5 Å². The van der Waals surface area contributed by atoms with Gasteiger partial charge in [-0.3, -0.25) is 14.5 Å². The summed E-state index contributed by atoms with van der Waals surface area (Å²) in [4.78, 5) is 26.6. The van der Waals surface area contributed by atoms with E-state index in [4.69, 9.17) is 4.42 Å². The van der Waals surface area contributed by atoms with E-state index in [1.54, 1.807) is 30.5 Å². The number of pyridine rings is 1. The average Bonchev–Trinajstić information content (AvgIpc) is 3.41. The van der Waals surface area contributed by atoms with Crippen LogP contribution in [-0.2, 0) is 19.6 Å². The van der Waals surface area contributed by atoms with Gasteiger partial charge in [-0.1, -0.05) is 30.3 Å². The maximum absolute atomic E-state index is 12.4. The zero-order valence-electron chi connectivity index (χ0n) is 16.3. The summed E-state index contributed by atoms with van der Waals surface area (Å²) in [5, 5.41) is 2.88. The highest BCUT2D eigenvalue weighted by Gasteiger charge is 2.13.